The number of hydrogen-bond donors (Lipinski definition) is 1. The van der Waals surface area contributed by atoms with E-state index >= 15 is 0 Å². The number of carbonyl (C=O) groups is 1. The lowest BCUT2D eigenvalue weighted by Crippen LogP contribution is -2.44. The predicted octanol–water partition coefficient (Wildman–Crippen LogP) is 5.40. The highest BCUT2D eigenvalue weighted by Gasteiger charge is 2.19. The molecule has 0 atom stereocenters. The molecule has 0 bridgehead atoms. The number of rotatable bonds is 6. The first-order chi connectivity index (χ1) is 15.0. The molecule has 3 aromatic rings. The number of halogens is 1. The Kier molecular flexibility index (Phi) is 7.17. The highest BCUT2D eigenvalue weighted by atomic mass is 35.5. The lowest BCUT2D eigenvalue weighted by molar-refractivity contribution is 0.102. The van der Waals surface area contributed by atoms with Gasteiger partial charge in [0.05, 0.1) is 22.1 Å². The fourth-order valence-electron chi connectivity index (χ4n) is 3.46. The molecule has 1 amide bonds. The molecule has 1 saturated heterocycles. The monoisotopic (exact) mass is 472 g/mol. The molecule has 162 valence electrons. The first-order valence-corrected chi connectivity index (χ1v) is 12.4. The fraction of sp³-hybridized carbons (Fsp3) is 0.304. The minimum Gasteiger partial charge on any atom is -0.367 e. The summed E-state index contributed by atoms with van der Waals surface area (Å²) < 4.78 is 0. The third-order valence-corrected chi connectivity index (χ3v) is 7.32. The molecular weight excluding hydrogens is 448 g/mol. The van der Waals surface area contributed by atoms with Crippen LogP contribution in [0.2, 0.25) is 5.02 Å². The van der Waals surface area contributed by atoms with Crippen LogP contribution >= 0.6 is 34.7 Å². The molecule has 2 aromatic carbocycles. The van der Waals surface area contributed by atoms with Crippen molar-refractivity contribution in [1.82, 2.24) is 9.88 Å². The van der Waals surface area contributed by atoms with E-state index in [4.69, 9.17) is 11.6 Å². The Bertz CT molecular complexity index is 1050. The molecule has 4 rings (SSSR count). The van der Waals surface area contributed by atoms with Gasteiger partial charge in [-0.15, -0.1) is 23.1 Å². The van der Waals surface area contributed by atoms with E-state index < -0.39 is 0 Å². The maximum Gasteiger partial charge on any atom is 0.255 e. The lowest BCUT2D eigenvalue weighted by Gasteiger charge is -2.35. The molecule has 5 nitrogen and oxygen atoms in total. The van der Waals surface area contributed by atoms with Crippen molar-refractivity contribution in [2.24, 2.45) is 0 Å². The van der Waals surface area contributed by atoms with Crippen LogP contribution in [0.25, 0.3) is 0 Å². The van der Waals surface area contributed by atoms with Crippen LogP contribution in [0.4, 0.5) is 11.4 Å². The van der Waals surface area contributed by atoms with Crippen LogP contribution in [0.5, 0.6) is 0 Å². The van der Waals surface area contributed by atoms with E-state index in [0.29, 0.717) is 10.6 Å². The molecule has 1 fully saturated rings. The number of anilines is 2. The van der Waals surface area contributed by atoms with Crippen LogP contribution in [0, 0.1) is 6.92 Å². The van der Waals surface area contributed by atoms with Crippen LogP contribution in [0.15, 0.2) is 52.7 Å². The molecule has 1 aliphatic rings. The number of likely N-dealkylation sites (N-methyl/N-ethyl adjacent to an activating group) is 1. The number of thioether (sulfide) groups is 1. The second-order valence-electron chi connectivity index (χ2n) is 7.58. The smallest absolute Gasteiger partial charge is 0.255 e. The van der Waals surface area contributed by atoms with Gasteiger partial charge in [0, 0.05) is 52.8 Å². The van der Waals surface area contributed by atoms with E-state index in [-0.39, 0.29) is 5.91 Å². The molecule has 2 heterocycles. The number of nitrogens with one attached hydrogen (secondary N) is 1. The maximum atomic E-state index is 12.9. The van der Waals surface area contributed by atoms with Crippen molar-refractivity contribution < 1.29 is 4.79 Å². The number of aromatic nitrogens is 1. The van der Waals surface area contributed by atoms with Crippen molar-refractivity contribution in [3.05, 3.63) is 69.1 Å². The van der Waals surface area contributed by atoms with E-state index in [9.17, 15) is 4.79 Å². The van der Waals surface area contributed by atoms with Crippen molar-refractivity contribution in [1.29, 1.82) is 0 Å². The van der Waals surface area contributed by atoms with Crippen LogP contribution in [-0.2, 0) is 5.75 Å². The Morgan fingerprint density at radius 1 is 1.16 bits per heavy atom. The summed E-state index contributed by atoms with van der Waals surface area (Å²) in [6.07, 6.45) is 0. The number of aryl methyl sites for hydroxylation is 1. The van der Waals surface area contributed by atoms with Crippen LogP contribution in [-0.4, -0.2) is 49.0 Å². The van der Waals surface area contributed by atoms with Gasteiger partial charge in [-0.05, 0) is 56.4 Å². The van der Waals surface area contributed by atoms with Gasteiger partial charge >= 0.3 is 0 Å². The van der Waals surface area contributed by atoms with E-state index in [2.05, 4.69) is 32.5 Å². The highest BCUT2D eigenvalue weighted by molar-refractivity contribution is 7.98. The van der Waals surface area contributed by atoms with Gasteiger partial charge in [-0.25, -0.2) is 4.98 Å². The first kappa shape index (κ1) is 22.1. The predicted molar refractivity (Wildman–Crippen MR) is 132 cm³/mol. The Labute approximate surface area is 196 Å². The van der Waals surface area contributed by atoms with Crippen LogP contribution in [0.3, 0.4) is 0 Å². The molecule has 1 aromatic heterocycles. The quantitative estimate of drug-likeness (QED) is 0.486. The summed E-state index contributed by atoms with van der Waals surface area (Å²) in [5, 5.41) is 6.84. The van der Waals surface area contributed by atoms with Gasteiger partial charge in [-0.3, -0.25) is 4.79 Å². The Balaban J connectivity index is 1.42. The normalized spacial score (nSPS) is 14.6. The van der Waals surface area contributed by atoms with Crippen molar-refractivity contribution in [2.75, 3.05) is 43.4 Å². The number of piperazine rings is 1. The number of hydrogen-bond acceptors (Lipinski definition) is 6. The van der Waals surface area contributed by atoms with Gasteiger partial charge in [-0.2, -0.15) is 0 Å². The summed E-state index contributed by atoms with van der Waals surface area (Å²) in [7, 11) is 2.13. The first-order valence-electron chi connectivity index (χ1n) is 10.2. The van der Waals surface area contributed by atoms with Crippen molar-refractivity contribution in [3.8, 4) is 0 Å². The summed E-state index contributed by atoms with van der Waals surface area (Å²) in [4.78, 5) is 23.1. The largest absolute Gasteiger partial charge is 0.367 e. The SMILES string of the molecule is Cc1nc(CSc2ccc(C(=O)Nc3cc(Cl)ccc3N3CCN(C)CC3)cc2)cs1. The van der Waals surface area contributed by atoms with E-state index in [1.54, 1.807) is 23.1 Å². The van der Waals surface area contributed by atoms with E-state index in [1.165, 1.54) is 0 Å². The second-order valence-corrected chi connectivity index (χ2v) is 10.1. The molecule has 0 aliphatic carbocycles. The molecule has 0 spiro atoms. The van der Waals surface area contributed by atoms with Crippen LogP contribution in [0.1, 0.15) is 21.1 Å². The third-order valence-electron chi connectivity index (χ3n) is 5.22. The van der Waals surface area contributed by atoms with Crippen molar-refractivity contribution in [2.45, 2.75) is 17.6 Å². The van der Waals surface area contributed by atoms with Gasteiger partial charge < -0.3 is 15.1 Å². The molecule has 1 aliphatic heterocycles. The number of nitrogens with zero attached hydrogens (tertiary/aromatic N) is 3. The average Bonchev–Trinajstić information content (AvgIpc) is 3.19. The second kappa shape index (κ2) is 10.0. The number of benzene rings is 2. The topological polar surface area (TPSA) is 48.5 Å². The zero-order valence-electron chi connectivity index (χ0n) is 17.6. The zero-order chi connectivity index (χ0) is 21.8. The molecule has 1 N–H and O–H groups in total. The summed E-state index contributed by atoms with van der Waals surface area (Å²) in [6.45, 7) is 5.85. The maximum absolute atomic E-state index is 12.9. The number of carbonyl (C=O) groups excluding carboxylic acids is 1. The van der Waals surface area contributed by atoms with E-state index in [1.807, 2.05) is 49.4 Å². The van der Waals surface area contributed by atoms with Gasteiger partial charge in [0.25, 0.3) is 5.91 Å². The molecular formula is C23H25ClN4OS2. The van der Waals surface area contributed by atoms with Gasteiger partial charge in [0.2, 0.25) is 0 Å². The van der Waals surface area contributed by atoms with Gasteiger partial charge in [-0.1, -0.05) is 11.6 Å². The summed E-state index contributed by atoms with van der Waals surface area (Å²) in [5.74, 6) is 0.691. The van der Waals surface area contributed by atoms with E-state index in [0.717, 1.165) is 58.9 Å². The fourth-order valence-corrected chi connectivity index (χ4v) is 5.14. The summed E-state index contributed by atoms with van der Waals surface area (Å²) in [5.41, 5.74) is 3.47. The number of thiazole rings is 1. The van der Waals surface area contributed by atoms with Crippen molar-refractivity contribution >= 4 is 52.0 Å². The number of amides is 1. The molecule has 0 radical (unpaired) electrons. The average molecular weight is 473 g/mol. The van der Waals surface area contributed by atoms with Gasteiger partial charge in [0.1, 0.15) is 0 Å². The highest BCUT2D eigenvalue weighted by Crippen LogP contribution is 2.31. The Hall–Kier alpha value is -2.06. The third kappa shape index (κ3) is 5.80. The molecule has 0 unspecified atom stereocenters. The zero-order valence-corrected chi connectivity index (χ0v) is 20.0. The molecule has 31 heavy (non-hydrogen) atoms. The molecule has 8 heteroatoms. The summed E-state index contributed by atoms with van der Waals surface area (Å²) in [6, 6.07) is 13.4. The Morgan fingerprint density at radius 3 is 2.58 bits per heavy atom. The molecule has 0 saturated carbocycles. The minimum atomic E-state index is -0.135. The lowest BCUT2D eigenvalue weighted by atomic mass is 10.1. The van der Waals surface area contributed by atoms with Gasteiger partial charge in [0.15, 0.2) is 0 Å². The van der Waals surface area contributed by atoms with Crippen LogP contribution < -0.4 is 10.2 Å². The van der Waals surface area contributed by atoms with Crippen molar-refractivity contribution in [3.63, 3.8) is 0 Å². The Morgan fingerprint density at radius 2 is 1.90 bits per heavy atom. The minimum absolute atomic E-state index is 0.135. The summed E-state index contributed by atoms with van der Waals surface area (Å²) >= 11 is 9.62. The standard InChI is InChI=1S/C23H25ClN4OS2/c1-16-25-19(14-30-16)15-31-20-6-3-17(4-7-20)23(29)26-21-13-18(24)5-8-22(21)28-11-9-27(2)10-12-28/h3-8,13-14H,9-12,15H2,1-2H3,(H,26,29).